The van der Waals surface area contributed by atoms with Gasteiger partial charge in [-0.3, -0.25) is 4.79 Å². The fourth-order valence-corrected chi connectivity index (χ4v) is 1.88. The van der Waals surface area contributed by atoms with Gasteiger partial charge >= 0.3 is 0 Å². The van der Waals surface area contributed by atoms with Gasteiger partial charge in [-0.25, -0.2) is 0 Å². The number of carbonyl (C=O) groups excluding carboxylic acids is 1. The number of benzene rings is 2. The lowest BCUT2D eigenvalue weighted by Crippen LogP contribution is -2.11. The van der Waals surface area contributed by atoms with E-state index in [9.17, 15) is 4.79 Å². The van der Waals surface area contributed by atoms with Crippen LogP contribution in [0.3, 0.4) is 0 Å². The van der Waals surface area contributed by atoms with Crippen LogP contribution in [0.2, 0.25) is 0 Å². The number of amides is 1. The summed E-state index contributed by atoms with van der Waals surface area (Å²) in [7, 11) is 0. The second-order valence-electron chi connectivity index (χ2n) is 4.43. The van der Waals surface area contributed by atoms with Crippen LogP contribution in [0.1, 0.15) is 28.4 Å². The molecule has 0 fully saturated rings. The third-order valence-electron chi connectivity index (χ3n) is 2.82. The van der Waals surface area contributed by atoms with Crippen molar-refractivity contribution in [2.75, 3.05) is 0 Å². The first kappa shape index (κ1) is 13.9. The predicted molar refractivity (Wildman–Crippen MR) is 80.4 cm³/mol. The lowest BCUT2D eigenvalue weighted by molar-refractivity contribution is 0.1000. The molecular formula is C17H17NO2. The topological polar surface area (TPSA) is 52.3 Å². The fourth-order valence-electron chi connectivity index (χ4n) is 1.88. The Bertz CT molecular complexity index is 618. The van der Waals surface area contributed by atoms with Crippen LogP contribution in [-0.4, -0.2) is 5.91 Å². The maximum absolute atomic E-state index is 11.3. The monoisotopic (exact) mass is 267 g/mol. The Labute approximate surface area is 118 Å². The number of ether oxygens (including phenoxy) is 1. The van der Waals surface area contributed by atoms with Crippen molar-refractivity contribution in [1.82, 2.24) is 0 Å². The molecule has 2 N–H and O–H groups in total. The van der Waals surface area contributed by atoms with Gasteiger partial charge in [-0.15, -0.1) is 0 Å². The van der Waals surface area contributed by atoms with Crippen LogP contribution in [0, 0.1) is 0 Å². The molecule has 0 bridgehead atoms. The van der Waals surface area contributed by atoms with E-state index in [0.29, 0.717) is 17.9 Å². The summed E-state index contributed by atoms with van der Waals surface area (Å²) in [5.74, 6) is 0.180. The maximum Gasteiger partial charge on any atom is 0.248 e. The van der Waals surface area contributed by atoms with Gasteiger partial charge in [0.15, 0.2) is 0 Å². The van der Waals surface area contributed by atoms with Crippen molar-refractivity contribution >= 4 is 12.0 Å². The lowest BCUT2D eigenvalue weighted by atomic mass is 10.1. The predicted octanol–water partition coefficient (Wildman–Crippen LogP) is 3.40. The zero-order chi connectivity index (χ0) is 14.4. The van der Waals surface area contributed by atoms with Crippen molar-refractivity contribution in [2.24, 2.45) is 5.73 Å². The lowest BCUT2D eigenvalue weighted by Gasteiger charge is -2.09. The van der Waals surface area contributed by atoms with E-state index in [1.54, 1.807) is 12.1 Å². The molecule has 2 rings (SSSR count). The van der Waals surface area contributed by atoms with E-state index in [-0.39, 0.29) is 0 Å². The smallest absolute Gasteiger partial charge is 0.248 e. The van der Waals surface area contributed by atoms with Crippen molar-refractivity contribution < 1.29 is 9.53 Å². The SMILES string of the molecule is C/C=C/c1cc(OCc2ccccc2)cc(C(N)=O)c1. The third kappa shape index (κ3) is 3.72. The van der Waals surface area contributed by atoms with Crippen LogP contribution in [0.5, 0.6) is 5.75 Å². The van der Waals surface area contributed by atoms with Crippen molar-refractivity contribution in [1.29, 1.82) is 0 Å². The van der Waals surface area contributed by atoms with Gasteiger partial charge in [-0.2, -0.15) is 0 Å². The molecule has 0 aliphatic rings. The molecule has 0 spiro atoms. The van der Waals surface area contributed by atoms with E-state index in [2.05, 4.69) is 0 Å². The third-order valence-corrected chi connectivity index (χ3v) is 2.82. The Balaban J connectivity index is 2.20. The second kappa shape index (κ2) is 6.57. The number of primary amides is 1. The summed E-state index contributed by atoms with van der Waals surface area (Å²) >= 11 is 0. The average molecular weight is 267 g/mol. The molecule has 0 saturated heterocycles. The number of allylic oxidation sites excluding steroid dienone is 1. The van der Waals surface area contributed by atoms with Crippen molar-refractivity contribution in [2.45, 2.75) is 13.5 Å². The van der Waals surface area contributed by atoms with Crippen LogP contribution in [0.25, 0.3) is 6.08 Å². The molecule has 0 heterocycles. The van der Waals surface area contributed by atoms with Crippen LogP contribution < -0.4 is 10.5 Å². The zero-order valence-electron chi connectivity index (χ0n) is 11.4. The molecule has 0 aliphatic heterocycles. The summed E-state index contributed by atoms with van der Waals surface area (Å²) < 4.78 is 5.73. The first-order valence-electron chi connectivity index (χ1n) is 6.43. The molecule has 0 unspecified atom stereocenters. The molecule has 0 radical (unpaired) electrons. The molecule has 2 aromatic rings. The van der Waals surface area contributed by atoms with E-state index in [4.69, 9.17) is 10.5 Å². The number of nitrogens with two attached hydrogens (primary N) is 1. The van der Waals surface area contributed by atoms with Crippen LogP contribution >= 0.6 is 0 Å². The first-order valence-corrected chi connectivity index (χ1v) is 6.43. The summed E-state index contributed by atoms with van der Waals surface area (Å²) in [5, 5.41) is 0. The van der Waals surface area contributed by atoms with E-state index >= 15 is 0 Å². The molecule has 0 atom stereocenters. The normalized spacial score (nSPS) is 10.7. The molecular weight excluding hydrogens is 250 g/mol. The number of carbonyl (C=O) groups is 1. The highest BCUT2D eigenvalue weighted by Gasteiger charge is 2.05. The van der Waals surface area contributed by atoms with Gasteiger partial charge in [-0.1, -0.05) is 42.5 Å². The van der Waals surface area contributed by atoms with Gasteiger partial charge in [0.05, 0.1) is 0 Å². The second-order valence-corrected chi connectivity index (χ2v) is 4.43. The Morgan fingerprint density at radius 1 is 1.20 bits per heavy atom. The summed E-state index contributed by atoms with van der Waals surface area (Å²) in [6.45, 7) is 2.37. The van der Waals surface area contributed by atoms with Crippen LogP contribution in [-0.2, 0) is 6.61 Å². The van der Waals surface area contributed by atoms with Gasteiger partial charge in [-0.05, 0) is 36.2 Å². The highest BCUT2D eigenvalue weighted by molar-refractivity contribution is 5.93. The van der Waals surface area contributed by atoms with Crippen LogP contribution in [0.15, 0.2) is 54.6 Å². The summed E-state index contributed by atoms with van der Waals surface area (Å²) in [5.41, 5.74) is 7.75. The Morgan fingerprint density at radius 3 is 2.60 bits per heavy atom. The largest absolute Gasteiger partial charge is 0.489 e. The summed E-state index contributed by atoms with van der Waals surface area (Å²) in [6, 6.07) is 15.2. The standard InChI is InChI=1S/C17H17NO2/c1-2-6-14-9-15(17(18)19)11-16(10-14)20-12-13-7-4-3-5-8-13/h2-11H,12H2,1H3,(H2,18,19)/b6-2+. The molecule has 0 aromatic heterocycles. The van der Waals surface area contributed by atoms with E-state index < -0.39 is 5.91 Å². The highest BCUT2D eigenvalue weighted by atomic mass is 16.5. The van der Waals surface area contributed by atoms with Crippen molar-refractivity contribution in [3.05, 3.63) is 71.3 Å². The molecule has 0 aliphatic carbocycles. The zero-order valence-corrected chi connectivity index (χ0v) is 11.4. The quantitative estimate of drug-likeness (QED) is 0.902. The minimum Gasteiger partial charge on any atom is -0.489 e. The fraction of sp³-hybridized carbons (Fsp3) is 0.118. The Kier molecular flexibility index (Phi) is 4.56. The van der Waals surface area contributed by atoms with E-state index in [0.717, 1.165) is 11.1 Å². The maximum atomic E-state index is 11.3. The molecule has 3 nitrogen and oxygen atoms in total. The molecule has 2 aromatic carbocycles. The summed E-state index contributed by atoms with van der Waals surface area (Å²) in [6.07, 6.45) is 3.81. The van der Waals surface area contributed by atoms with Gasteiger partial charge in [0, 0.05) is 5.56 Å². The number of hydrogen-bond donors (Lipinski definition) is 1. The average Bonchev–Trinajstić information content (AvgIpc) is 2.46. The highest BCUT2D eigenvalue weighted by Crippen LogP contribution is 2.19. The Morgan fingerprint density at radius 2 is 1.95 bits per heavy atom. The molecule has 3 heteroatoms. The molecule has 20 heavy (non-hydrogen) atoms. The van der Waals surface area contributed by atoms with Gasteiger partial charge in [0.25, 0.3) is 0 Å². The minimum absolute atomic E-state index is 0.448. The van der Waals surface area contributed by atoms with Crippen molar-refractivity contribution in [3.8, 4) is 5.75 Å². The first-order chi connectivity index (χ1) is 9.69. The van der Waals surface area contributed by atoms with E-state index in [1.807, 2.05) is 55.5 Å². The van der Waals surface area contributed by atoms with Crippen LogP contribution in [0.4, 0.5) is 0 Å². The Hall–Kier alpha value is -2.55. The number of rotatable bonds is 5. The van der Waals surface area contributed by atoms with Gasteiger partial charge < -0.3 is 10.5 Å². The summed E-state index contributed by atoms with van der Waals surface area (Å²) in [4.78, 5) is 11.3. The van der Waals surface area contributed by atoms with E-state index in [1.165, 1.54) is 0 Å². The van der Waals surface area contributed by atoms with Crippen molar-refractivity contribution in [3.63, 3.8) is 0 Å². The number of hydrogen-bond acceptors (Lipinski definition) is 2. The van der Waals surface area contributed by atoms with Gasteiger partial charge in [0.1, 0.15) is 12.4 Å². The molecule has 1 amide bonds. The molecule has 102 valence electrons. The minimum atomic E-state index is -0.457. The van der Waals surface area contributed by atoms with Gasteiger partial charge in [0.2, 0.25) is 5.91 Å². The molecule has 0 saturated carbocycles.